The molecule has 6 rings (SSSR count). The summed E-state index contributed by atoms with van der Waals surface area (Å²) >= 11 is 0. The fourth-order valence-corrected chi connectivity index (χ4v) is 5.34. The summed E-state index contributed by atoms with van der Waals surface area (Å²) in [6.07, 6.45) is 4.10. The topological polar surface area (TPSA) is 75.2 Å². The summed E-state index contributed by atoms with van der Waals surface area (Å²) < 4.78 is 2.44. The van der Waals surface area contributed by atoms with Crippen molar-refractivity contribution in [1.82, 2.24) is 19.4 Å². The van der Waals surface area contributed by atoms with Gasteiger partial charge in [0.1, 0.15) is 0 Å². The molecule has 0 bridgehead atoms. The van der Waals surface area contributed by atoms with E-state index in [0.717, 1.165) is 54.4 Å². The number of para-hydroxylation sites is 1. The lowest BCUT2D eigenvalue weighted by molar-refractivity contribution is 0.247. The summed E-state index contributed by atoms with van der Waals surface area (Å²) in [5.74, 6) is 0.589. The van der Waals surface area contributed by atoms with Crippen molar-refractivity contribution in [1.29, 1.82) is 0 Å². The quantitative estimate of drug-likeness (QED) is 0.436. The summed E-state index contributed by atoms with van der Waals surface area (Å²) in [6, 6.07) is 15.4. The predicted molar refractivity (Wildman–Crippen MR) is 140 cm³/mol. The highest BCUT2D eigenvalue weighted by Gasteiger charge is 2.30. The normalized spacial score (nSPS) is 15.7. The van der Waals surface area contributed by atoms with E-state index in [0.29, 0.717) is 12.0 Å². The maximum atomic E-state index is 6.47. The standard InChI is InChI=1S/C27H31N7/c1-17-13-25(33-15-18(16-33)32(2)3)20(28)14-22(17)31-27-29-11-10-21(30-27)26-19-7-4-5-8-23(19)34-12-6-9-24(26)34/h4-5,7-8,10-11,13-14,18H,6,9,12,15-16,28H2,1-3H3,(H,29,30,31). The Bertz CT molecular complexity index is 1380. The van der Waals surface area contributed by atoms with Crippen LogP contribution in [0.5, 0.6) is 0 Å². The fraction of sp³-hybridized carbons (Fsp3) is 0.333. The molecule has 1 fully saturated rings. The van der Waals surface area contributed by atoms with E-state index in [1.807, 2.05) is 18.3 Å². The Morgan fingerprint density at radius 1 is 1.12 bits per heavy atom. The Balaban J connectivity index is 1.30. The average molecular weight is 454 g/mol. The number of aryl methyl sites for hydroxylation is 2. The molecule has 2 aliphatic heterocycles. The third-order valence-corrected chi connectivity index (χ3v) is 7.34. The van der Waals surface area contributed by atoms with Crippen LogP contribution in [-0.4, -0.2) is 52.7 Å². The van der Waals surface area contributed by atoms with Crippen molar-refractivity contribution in [3.05, 3.63) is 59.9 Å². The van der Waals surface area contributed by atoms with Crippen molar-refractivity contribution in [2.45, 2.75) is 32.4 Å². The van der Waals surface area contributed by atoms with Crippen LogP contribution in [0.1, 0.15) is 17.7 Å². The first kappa shape index (κ1) is 21.0. The number of anilines is 4. The van der Waals surface area contributed by atoms with Gasteiger partial charge in [-0.05, 0) is 63.7 Å². The Labute approximate surface area is 200 Å². The minimum atomic E-state index is 0.584. The summed E-state index contributed by atoms with van der Waals surface area (Å²) in [4.78, 5) is 14.1. The monoisotopic (exact) mass is 453 g/mol. The van der Waals surface area contributed by atoms with Crippen LogP contribution in [0.15, 0.2) is 48.7 Å². The molecule has 0 saturated carbocycles. The van der Waals surface area contributed by atoms with E-state index >= 15 is 0 Å². The lowest BCUT2D eigenvalue weighted by atomic mass is 10.0. The molecular formula is C27H31N7. The van der Waals surface area contributed by atoms with Gasteiger partial charge in [-0.1, -0.05) is 18.2 Å². The van der Waals surface area contributed by atoms with E-state index in [1.165, 1.54) is 28.6 Å². The molecule has 0 aliphatic carbocycles. The first-order valence-corrected chi connectivity index (χ1v) is 12.0. The fourth-order valence-electron chi connectivity index (χ4n) is 5.34. The zero-order chi connectivity index (χ0) is 23.4. The molecule has 2 aromatic heterocycles. The zero-order valence-electron chi connectivity index (χ0n) is 20.0. The number of nitrogens with two attached hydrogens (primary N) is 1. The number of hydrogen-bond donors (Lipinski definition) is 2. The van der Waals surface area contributed by atoms with E-state index in [-0.39, 0.29) is 0 Å². The number of fused-ring (bicyclic) bond motifs is 3. The molecule has 0 amide bonds. The summed E-state index contributed by atoms with van der Waals surface area (Å²) in [6.45, 7) is 5.19. The zero-order valence-corrected chi connectivity index (χ0v) is 20.0. The lowest BCUT2D eigenvalue weighted by Crippen LogP contribution is -2.57. The molecular weight excluding hydrogens is 422 g/mol. The minimum Gasteiger partial charge on any atom is -0.397 e. The van der Waals surface area contributed by atoms with Crippen molar-refractivity contribution in [3.8, 4) is 11.3 Å². The van der Waals surface area contributed by atoms with Crippen LogP contribution in [0, 0.1) is 6.92 Å². The highest BCUT2D eigenvalue weighted by atomic mass is 15.3. The second kappa shape index (κ2) is 8.02. The number of rotatable bonds is 5. The minimum absolute atomic E-state index is 0.584. The molecule has 2 aromatic carbocycles. The second-order valence-corrected chi connectivity index (χ2v) is 9.73. The Morgan fingerprint density at radius 2 is 1.94 bits per heavy atom. The van der Waals surface area contributed by atoms with E-state index < -0.39 is 0 Å². The number of nitrogens with one attached hydrogen (secondary N) is 1. The molecule has 3 N–H and O–H groups in total. The first-order chi connectivity index (χ1) is 16.5. The number of nitrogen functional groups attached to an aromatic ring is 1. The molecule has 34 heavy (non-hydrogen) atoms. The maximum Gasteiger partial charge on any atom is 0.227 e. The van der Waals surface area contributed by atoms with Crippen molar-refractivity contribution < 1.29 is 0 Å². The number of aromatic nitrogens is 3. The molecule has 174 valence electrons. The van der Waals surface area contributed by atoms with Crippen LogP contribution in [-0.2, 0) is 13.0 Å². The van der Waals surface area contributed by atoms with Gasteiger partial charge in [0.2, 0.25) is 5.95 Å². The highest BCUT2D eigenvalue weighted by molar-refractivity contribution is 5.97. The van der Waals surface area contributed by atoms with Crippen LogP contribution in [0.25, 0.3) is 22.2 Å². The van der Waals surface area contributed by atoms with Crippen molar-refractivity contribution >= 4 is 33.9 Å². The highest BCUT2D eigenvalue weighted by Crippen LogP contribution is 2.38. The van der Waals surface area contributed by atoms with Crippen LogP contribution >= 0.6 is 0 Å². The van der Waals surface area contributed by atoms with Gasteiger partial charge in [0.25, 0.3) is 0 Å². The van der Waals surface area contributed by atoms with Gasteiger partial charge in [0.05, 0.1) is 17.1 Å². The number of likely N-dealkylation sites (N-methyl/N-ethyl adjacent to an activating group) is 1. The molecule has 4 aromatic rings. The molecule has 7 heteroatoms. The van der Waals surface area contributed by atoms with E-state index in [1.54, 1.807) is 0 Å². The molecule has 0 radical (unpaired) electrons. The lowest BCUT2D eigenvalue weighted by Gasteiger charge is -2.44. The number of hydrogen-bond acceptors (Lipinski definition) is 6. The summed E-state index contributed by atoms with van der Waals surface area (Å²) in [5.41, 5.74) is 15.3. The van der Waals surface area contributed by atoms with Gasteiger partial charge in [-0.25, -0.2) is 9.97 Å². The molecule has 2 aliphatic rings. The van der Waals surface area contributed by atoms with E-state index in [4.69, 9.17) is 10.7 Å². The number of benzene rings is 2. The van der Waals surface area contributed by atoms with Gasteiger partial charge in [-0.2, -0.15) is 0 Å². The molecule has 0 spiro atoms. The van der Waals surface area contributed by atoms with Crippen molar-refractivity contribution in [2.75, 3.05) is 43.1 Å². The molecule has 4 heterocycles. The van der Waals surface area contributed by atoms with Gasteiger partial charge in [-0.15, -0.1) is 0 Å². The van der Waals surface area contributed by atoms with E-state index in [9.17, 15) is 0 Å². The van der Waals surface area contributed by atoms with E-state index in [2.05, 4.69) is 76.0 Å². The summed E-state index contributed by atoms with van der Waals surface area (Å²) in [5, 5.41) is 4.69. The second-order valence-electron chi connectivity index (χ2n) is 9.73. The SMILES string of the molecule is Cc1cc(N2CC(N(C)C)C2)c(N)cc1Nc1nccc(-c2c3n(c4ccccc24)CCC3)n1. The maximum absolute atomic E-state index is 6.47. The van der Waals surface area contributed by atoms with Gasteiger partial charge in [0.15, 0.2) is 0 Å². The van der Waals surface area contributed by atoms with Crippen LogP contribution < -0.4 is 16.0 Å². The van der Waals surface area contributed by atoms with Crippen molar-refractivity contribution in [3.63, 3.8) is 0 Å². The van der Waals surface area contributed by atoms with Crippen molar-refractivity contribution in [2.24, 2.45) is 0 Å². The average Bonchev–Trinajstić information content (AvgIpc) is 3.37. The molecule has 0 atom stereocenters. The third-order valence-electron chi connectivity index (χ3n) is 7.34. The largest absolute Gasteiger partial charge is 0.397 e. The number of nitrogens with zero attached hydrogens (tertiary/aromatic N) is 5. The molecule has 7 nitrogen and oxygen atoms in total. The Kier molecular flexibility index (Phi) is 4.95. The first-order valence-electron chi connectivity index (χ1n) is 12.0. The third kappa shape index (κ3) is 3.39. The van der Waals surface area contributed by atoms with Crippen LogP contribution in [0.2, 0.25) is 0 Å². The smallest absolute Gasteiger partial charge is 0.227 e. The Morgan fingerprint density at radius 3 is 2.76 bits per heavy atom. The predicted octanol–water partition coefficient (Wildman–Crippen LogP) is 4.43. The molecule has 1 saturated heterocycles. The van der Waals surface area contributed by atoms with Gasteiger partial charge >= 0.3 is 0 Å². The van der Waals surface area contributed by atoms with Crippen LogP contribution in [0.4, 0.5) is 23.0 Å². The van der Waals surface area contributed by atoms with Gasteiger partial charge < -0.3 is 25.4 Å². The van der Waals surface area contributed by atoms with Gasteiger partial charge in [0, 0.05) is 59.7 Å². The van der Waals surface area contributed by atoms with Crippen LogP contribution in [0.3, 0.4) is 0 Å². The molecule has 0 unspecified atom stereocenters. The van der Waals surface area contributed by atoms with Gasteiger partial charge in [-0.3, -0.25) is 0 Å². The Hall–Kier alpha value is -3.58. The summed E-state index contributed by atoms with van der Waals surface area (Å²) in [7, 11) is 4.26.